The Morgan fingerprint density at radius 3 is 2.16 bits per heavy atom. The van der Waals surface area contributed by atoms with E-state index in [9.17, 15) is 4.79 Å². The first-order valence-corrected chi connectivity index (χ1v) is 7.03. The maximum Gasteiger partial charge on any atom is 0.458 e. The van der Waals surface area contributed by atoms with Crippen molar-refractivity contribution < 1.29 is 18.8 Å². The van der Waals surface area contributed by atoms with Gasteiger partial charge in [0.25, 0.3) is 0 Å². The maximum atomic E-state index is 12.0. The molecule has 0 unspecified atom stereocenters. The summed E-state index contributed by atoms with van der Waals surface area (Å²) in [4.78, 5) is 13.9. The van der Waals surface area contributed by atoms with Gasteiger partial charge < -0.3 is 18.9 Å². The largest absolute Gasteiger partial charge is 0.458 e. The molecule has 0 saturated carbocycles. The van der Waals surface area contributed by atoms with Crippen LogP contribution < -0.4 is 0 Å². The fourth-order valence-corrected chi connectivity index (χ4v) is 2.30. The molecule has 2 saturated heterocycles. The topological polar surface area (TPSA) is 48.0 Å². The minimum absolute atomic E-state index is 0.165. The molecule has 0 atom stereocenters. The zero-order valence-corrected chi connectivity index (χ0v) is 12.4. The summed E-state index contributed by atoms with van der Waals surface area (Å²) in [6, 6.07) is 0. The van der Waals surface area contributed by atoms with Crippen molar-refractivity contribution in [3.63, 3.8) is 0 Å². The molecule has 0 N–H and O–H groups in total. The molecular weight excluding hydrogens is 245 g/mol. The predicted octanol–water partition coefficient (Wildman–Crippen LogP) is 1.33. The quantitative estimate of drug-likeness (QED) is 0.725. The summed E-state index contributed by atoms with van der Waals surface area (Å²) in [7, 11) is -0.282. The first kappa shape index (κ1) is 14.8. The van der Waals surface area contributed by atoms with E-state index in [4.69, 9.17) is 14.0 Å². The van der Waals surface area contributed by atoms with Gasteiger partial charge in [0.15, 0.2) is 0 Å². The van der Waals surface area contributed by atoms with E-state index in [1.165, 1.54) is 0 Å². The van der Waals surface area contributed by atoms with Crippen LogP contribution in [0, 0.1) is 0 Å². The zero-order chi connectivity index (χ0) is 14.1. The third kappa shape index (κ3) is 3.30. The summed E-state index contributed by atoms with van der Waals surface area (Å²) in [5, 5.41) is 0. The van der Waals surface area contributed by atoms with E-state index in [2.05, 4.69) is 0 Å². The molecular formula is C13H24BNO4. The van der Waals surface area contributed by atoms with Crippen molar-refractivity contribution in [1.82, 2.24) is 4.90 Å². The highest BCUT2D eigenvalue weighted by molar-refractivity contribution is 6.45. The molecule has 2 aliphatic heterocycles. The van der Waals surface area contributed by atoms with Crippen LogP contribution in [0.5, 0.6) is 0 Å². The summed E-state index contributed by atoms with van der Waals surface area (Å²) in [6.07, 6.45) is 1.08. The van der Waals surface area contributed by atoms with Crippen LogP contribution in [0.1, 0.15) is 34.1 Å². The normalized spacial score (nSPS) is 25.7. The molecule has 0 radical (unpaired) electrons. The van der Waals surface area contributed by atoms with Gasteiger partial charge in [0.05, 0.1) is 24.4 Å². The third-order valence-corrected chi connectivity index (χ3v) is 4.26. The standard InChI is InChI=1S/C13H24BNO4/c1-12(2)13(3,4)19-14(18-12)6-5-11(16)15-7-9-17-10-8-15/h5-10H2,1-4H3. The highest BCUT2D eigenvalue weighted by atomic mass is 16.7. The number of morpholine rings is 1. The van der Waals surface area contributed by atoms with Gasteiger partial charge in [0.2, 0.25) is 5.91 Å². The highest BCUT2D eigenvalue weighted by Gasteiger charge is 2.50. The lowest BCUT2D eigenvalue weighted by Crippen LogP contribution is -2.41. The monoisotopic (exact) mass is 269 g/mol. The average molecular weight is 269 g/mol. The Balaban J connectivity index is 1.79. The van der Waals surface area contributed by atoms with E-state index in [0.29, 0.717) is 39.0 Å². The van der Waals surface area contributed by atoms with Gasteiger partial charge in [-0.15, -0.1) is 0 Å². The van der Waals surface area contributed by atoms with E-state index in [0.717, 1.165) is 0 Å². The molecule has 0 aromatic rings. The Morgan fingerprint density at radius 1 is 1.11 bits per heavy atom. The molecule has 2 fully saturated rings. The highest BCUT2D eigenvalue weighted by Crippen LogP contribution is 2.37. The van der Waals surface area contributed by atoms with E-state index < -0.39 is 0 Å². The van der Waals surface area contributed by atoms with Crippen LogP contribution in [0.15, 0.2) is 0 Å². The zero-order valence-electron chi connectivity index (χ0n) is 12.4. The van der Waals surface area contributed by atoms with Gasteiger partial charge in [0, 0.05) is 19.5 Å². The minimum Gasteiger partial charge on any atom is -0.403 e. The number of carbonyl (C=O) groups is 1. The van der Waals surface area contributed by atoms with Crippen LogP contribution in [0.4, 0.5) is 0 Å². The smallest absolute Gasteiger partial charge is 0.403 e. The van der Waals surface area contributed by atoms with Crippen molar-refractivity contribution in [2.45, 2.75) is 51.6 Å². The molecule has 5 nitrogen and oxygen atoms in total. The SMILES string of the molecule is CC1(C)OB(CCC(=O)N2CCOCC2)OC1(C)C. The second-order valence-corrected chi connectivity index (χ2v) is 6.22. The van der Waals surface area contributed by atoms with Crippen LogP contribution >= 0.6 is 0 Å². The van der Waals surface area contributed by atoms with Gasteiger partial charge in [-0.3, -0.25) is 4.79 Å². The van der Waals surface area contributed by atoms with Crippen molar-refractivity contribution in [3.05, 3.63) is 0 Å². The van der Waals surface area contributed by atoms with Crippen LogP contribution in [-0.2, 0) is 18.8 Å². The Kier molecular flexibility index (Phi) is 4.23. The Labute approximate surface area is 115 Å². The summed E-state index contributed by atoms with van der Waals surface area (Å²) >= 11 is 0. The van der Waals surface area contributed by atoms with Gasteiger partial charge in [0.1, 0.15) is 0 Å². The number of carbonyl (C=O) groups excluding carboxylic acids is 1. The Hall–Kier alpha value is -0.585. The van der Waals surface area contributed by atoms with Gasteiger partial charge in [-0.25, -0.2) is 0 Å². The van der Waals surface area contributed by atoms with Crippen LogP contribution in [0.25, 0.3) is 0 Å². The van der Waals surface area contributed by atoms with Crippen LogP contribution in [-0.4, -0.2) is 55.4 Å². The fraction of sp³-hybridized carbons (Fsp3) is 0.923. The second-order valence-electron chi connectivity index (χ2n) is 6.22. The predicted molar refractivity (Wildman–Crippen MR) is 72.9 cm³/mol. The van der Waals surface area contributed by atoms with E-state index >= 15 is 0 Å². The number of nitrogens with zero attached hydrogens (tertiary/aromatic N) is 1. The minimum atomic E-state index is -0.320. The molecule has 0 spiro atoms. The van der Waals surface area contributed by atoms with Gasteiger partial charge >= 0.3 is 7.12 Å². The Bertz CT molecular complexity index is 324. The molecule has 0 aliphatic carbocycles. The maximum absolute atomic E-state index is 12.0. The molecule has 2 heterocycles. The molecule has 0 aromatic carbocycles. The summed E-state index contributed by atoms with van der Waals surface area (Å²) in [5.74, 6) is 0.165. The lowest BCUT2D eigenvalue weighted by atomic mass is 9.83. The van der Waals surface area contributed by atoms with E-state index in [1.807, 2.05) is 32.6 Å². The molecule has 1 amide bonds. The molecule has 0 bridgehead atoms. The third-order valence-electron chi connectivity index (χ3n) is 4.26. The van der Waals surface area contributed by atoms with Crippen molar-refractivity contribution in [2.75, 3.05) is 26.3 Å². The molecule has 2 rings (SSSR count). The van der Waals surface area contributed by atoms with Crippen LogP contribution in [0.2, 0.25) is 6.32 Å². The second kappa shape index (κ2) is 5.42. The summed E-state index contributed by atoms with van der Waals surface area (Å²) in [6.45, 7) is 10.8. The fourth-order valence-electron chi connectivity index (χ4n) is 2.30. The molecule has 19 heavy (non-hydrogen) atoms. The van der Waals surface area contributed by atoms with E-state index in [1.54, 1.807) is 0 Å². The molecule has 6 heteroatoms. The van der Waals surface area contributed by atoms with Gasteiger partial charge in [-0.05, 0) is 34.0 Å². The molecule has 2 aliphatic rings. The lowest BCUT2D eigenvalue weighted by molar-refractivity contribution is -0.134. The summed E-state index contributed by atoms with van der Waals surface area (Å²) < 4.78 is 17.0. The number of hydrogen-bond acceptors (Lipinski definition) is 4. The molecule has 108 valence electrons. The van der Waals surface area contributed by atoms with Crippen molar-refractivity contribution in [3.8, 4) is 0 Å². The summed E-state index contributed by atoms with van der Waals surface area (Å²) in [5.41, 5.74) is -0.640. The Morgan fingerprint density at radius 2 is 1.63 bits per heavy atom. The van der Waals surface area contributed by atoms with Gasteiger partial charge in [-0.2, -0.15) is 0 Å². The first-order chi connectivity index (χ1) is 8.82. The number of rotatable bonds is 3. The van der Waals surface area contributed by atoms with Crippen molar-refractivity contribution in [2.24, 2.45) is 0 Å². The number of ether oxygens (including phenoxy) is 1. The first-order valence-electron chi connectivity index (χ1n) is 7.03. The van der Waals surface area contributed by atoms with Crippen molar-refractivity contribution in [1.29, 1.82) is 0 Å². The van der Waals surface area contributed by atoms with E-state index in [-0.39, 0.29) is 24.2 Å². The lowest BCUT2D eigenvalue weighted by Gasteiger charge is -2.32. The van der Waals surface area contributed by atoms with Crippen LogP contribution in [0.3, 0.4) is 0 Å². The van der Waals surface area contributed by atoms with Crippen molar-refractivity contribution >= 4 is 13.0 Å². The molecule has 0 aromatic heterocycles. The van der Waals surface area contributed by atoms with Gasteiger partial charge in [-0.1, -0.05) is 0 Å². The number of hydrogen-bond donors (Lipinski definition) is 0. The average Bonchev–Trinajstić information content (AvgIpc) is 2.56. The number of amides is 1.